The molecule has 1 aromatic carbocycles. The third-order valence-corrected chi connectivity index (χ3v) is 6.54. The van der Waals surface area contributed by atoms with Gasteiger partial charge in [-0.2, -0.15) is 0 Å². The molecule has 2 amide bonds. The van der Waals surface area contributed by atoms with Crippen LogP contribution in [-0.4, -0.2) is 54.0 Å². The van der Waals surface area contributed by atoms with Crippen LogP contribution in [0.3, 0.4) is 0 Å². The molecular formula is C27H36ClFN4O3. The lowest BCUT2D eigenvalue weighted by molar-refractivity contribution is -0.118. The van der Waals surface area contributed by atoms with Crippen molar-refractivity contribution in [1.82, 2.24) is 15.5 Å². The summed E-state index contributed by atoms with van der Waals surface area (Å²) in [7, 11) is 0. The maximum atomic E-state index is 15.1. The molecule has 196 valence electrons. The Labute approximate surface area is 217 Å². The van der Waals surface area contributed by atoms with Crippen LogP contribution in [0.1, 0.15) is 59.9 Å². The number of benzene rings is 1. The maximum absolute atomic E-state index is 15.1. The van der Waals surface area contributed by atoms with E-state index in [0.717, 1.165) is 18.4 Å². The van der Waals surface area contributed by atoms with Gasteiger partial charge in [0.15, 0.2) is 0 Å². The molecule has 36 heavy (non-hydrogen) atoms. The van der Waals surface area contributed by atoms with Crippen molar-refractivity contribution < 1.29 is 18.7 Å². The highest BCUT2D eigenvalue weighted by molar-refractivity contribution is 6.30. The summed E-state index contributed by atoms with van der Waals surface area (Å²) < 4.78 is 20.5. The van der Waals surface area contributed by atoms with Crippen LogP contribution in [0.5, 0.6) is 0 Å². The zero-order valence-electron chi connectivity index (χ0n) is 21.9. The van der Waals surface area contributed by atoms with Gasteiger partial charge in [0.25, 0.3) is 5.91 Å². The van der Waals surface area contributed by atoms with Crippen LogP contribution in [0.15, 0.2) is 46.6 Å². The number of likely N-dealkylation sites (tertiary alicyclic amines) is 1. The molecule has 0 radical (unpaired) electrons. The molecule has 1 atom stereocenters. The van der Waals surface area contributed by atoms with Gasteiger partial charge in [-0.25, -0.2) is 14.2 Å². The van der Waals surface area contributed by atoms with E-state index < -0.39 is 16.8 Å². The summed E-state index contributed by atoms with van der Waals surface area (Å²) in [6.07, 6.45) is 4.80. The summed E-state index contributed by atoms with van der Waals surface area (Å²) in [6.45, 7) is 12.5. The standard InChI is InChI=1S/C27H36ClFN4O3/c1-7-8-10-20-19(24(34)31-16-27(20,6)21-11-9-12-22(28)23(21)29)13-30-17(2)32-18-14-33(15-18)25(35)36-26(3,4)5/h9-13,18H,7-8,14-16H2,1-6H3,(H,30,32)(H,31,34)/b19-13+,20-10-/t27-/m0/s1. The zero-order chi connectivity index (χ0) is 26.7. The molecular weight excluding hydrogens is 483 g/mol. The third-order valence-electron chi connectivity index (χ3n) is 6.25. The molecule has 2 N–H and O–H groups in total. The first-order valence-electron chi connectivity index (χ1n) is 12.3. The molecule has 0 aromatic heterocycles. The molecule has 0 unspecified atom stereocenters. The average molecular weight is 519 g/mol. The Balaban J connectivity index is 1.80. The number of allylic oxidation sites excluding steroid dienone is 1. The fraction of sp³-hybridized carbons (Fsp3) is 0.519. The van der Waals surface area contributed by atoms with Gasteiger partial charge in [0, 0.05) is 36.8 Å². The van der Waals surface area contributed by atoms with Gasteiger partial charge in [-0.15, -0.1) is 0 Å². The number of nitrogens with zero attached hydrogens (tertiary/aromatic N) is 2. The van der Waals surface area contributed by atoms with Gasteiger partial charge >= 0.3 is 6.09 Å². The number of rotatable bonds is 5. The molecule has 2 aliphatic rings. The quantitative estimate of drug-likeness (QED) is 0.322. The summed E-state index contributed by atoms with van der Waals surface area (Å²) in [4.78, 5) is 31.1. The SMILES string of the molecule is CCC/C=C1/C(=C\N=C(/C)NC2CN(C(=O)OC(C)(C)C)C2)C(=O)NC[C@]1(C)c1cccc(Cl)c1F. The summed E-state index contributed by atoms with van der Waals surface area (Å²) in [6, 6.07) is 4.98. The van der Waals surface area contributed by atoms with E-state index in [-0.39, 0.29) is 29.6 Å². The Hall–Kier alpha value is -2.87. The number of halogens is 2. The normalized spacial score (nSPS) is 23.5. The Morgan fingerprint density at radius 2 is 2.08 bits per heavy atom. The van der Waals surface area contributed by atoms with Crippen LogP contribution in [0.4, 0.5) is 9.18 Å². The number of carbonyl (C=O) groups excluding carboxylic acids is 2. The molecule has 0 aliphatic carbocycles. The van der Waals surface area contributed by atoms with Crippen molar-refractivity contribution in [3.05, 3.63) is 58.0 Å². The molecule has 0 saturated carbocycles. The minimum atomic E-state index is -0.803. The molecule has 2 fully saturated rings. The van der Waals surface area contributed by atoms with Crippen LogP contribution >= 0.6 is 11.6 Å². The summed E-state index contributed by atoms with van der Waals surface area (Å²) in [5, 5.41) is 6.21. The number of hydrogen-bond donors (Lipinski definition) is 2. The fourth-order valence-electron chi connectivity index (χ4n) is 4.33. The molecule has 3 rings (SSSR count). The van der Waals surface area contributed by atoms with Gasteiger partial charge in [0.2, 0.25) is 0 Å². The molecule has 0 bridgehead atoms. The van der Waals surface area contributed by atoms with Crippen LogP contribution in [-0.2, 0) is 14.9 Å². The number of carbonyl (C=O) groups is 2. The Morgan fingerprint density at radius 3 is 2.72 bits per heavy atom. The number of unbranched alkanes of at least 4 members (excludes halogenated alkanes) is 1. The van der Waals surface area contributed by atoms with Crippen LogP contribution in [0, 0.1) is 5.82 Å². The second-order valence-corrected chi connectivity index (χ2v) is 10.9. The maximum Gasteiger partial charge on any atom is 0.410 e. The minimum absolute atomic E-state index is 0.0424. The predicted molar refractivity (Wildman–Crippen MR) is 141 cm³/mol. The second-order valence-electron chi connectivity index (χ2n) is 10.5. The molecule has 2 heterocycles. The van der Waals surface area contributed by atoms with Crippen molar-refractivity contribution in [1.29, 1.82) is 0 Å². The van der Waals surface area contributed by atoms with E-state index in [9.17, 15) is 9.59 Å². The summed E-state index contributed by atoms with van der Waals surface area (Å²) >= 11 is 6.08. The van der Waals surface area contributed by atoms with E-state index in [0.29, 0.717) is 30.1 Å². The first-order chi connectivity index (χ1) is 16.9. The summed E-state index contributed by atoms with van der Waals surface area (Å²) in [5.74, 6) is -0.130. The van der Waals surface area contributed by atoms with Gasteiger partial charge in [-0.05, 0) is 52.7 Å². The third kappa shape index (κ3) is 6.27. The Kier molecular flexibility index (Phi) is 8.49. The fourth-order valence-corrected chi connectivity index (χ4v) is 4.50. The number of amidine groups is 1. The van der Waals surface area contributed by atoms with Crippen LogP contribution in [0.2, 0.25) is 5.02 Å². The van der Waals surface area contributed by atoms with E-state index in [1.807, 2.05) is 40.7 Å². The lowest BCUT2D eigenvalue weighted by Gasteiger charge is -2.40. The highest BCUT2D eigenvalue weighted by Gasteiger charge is 2.41. The first-order valence-corrected chi connectivity index (χ1v) is 12.7. The van der Waals surface area contributed by atoms with Gasteiger partial charge in [0.1, 0.15) is 11.4 Å². The predicted octanol–water partition coefficient (Wildman–Crippen LogP) is 5.10. The van der Waals surface area contributed by atoms with Crippen molar-refractivity contribution in [3.8, 4) is 0 Å². The molecule has 9 heteroatoms. The molecule has 0 spiro atoms. The Bertz CT molecular complexity index is 1100. The Morgan fingerprint density at radius 1 is 1.39 bits per heavy atom. The minimum Gasteiger partial charge on any atom is -0.444 e. The zero-order valence-corrected chi connectivity index (χ0v) is 22.6. The number of hydrogen-bond acceptors (Lipinski definition) is 4. The van der Waals surface area contributed by atoms with Gasteiger partial charge < -0.3 is 20.3 Å². The second kappa shape index (κ2) is 11.0. The van der Waals surface area contributed by atoms with Crippen LogP contribution in [0.25, 0.3) is 0 Å². The first kappa shape index (κ1) is 27.7. The van der Waals surface area contributed by atoms with Crippen molar-refractivity contribution in [2.24, 2.45) is 4.99 Å². The number of aliphatic imine (C=N–C) groups is 1. The van der Waals surface area contributed by atoms with E-state index in [1.165, 1.54) is 12.3 Å². The van der Waals surface area contributed by atoms with E-state index in [2.05, 4.69) is 15.6 Å². The van der Waals surface area contributed by atoms with E-state index >= 15 is 4.39 Å². The van der Waals surface area contributed by atoms with Crippen LogP contribution < -0.4 is 10.6 Å². The number of ether oxygens (including phenoxy) is 1. The number of amides is 2. The van der Waals surface area contributed by atoms with Crippen molar-refractivity contribution >= 4 is 29.4 Å². The topological polar surface area (TPSA) is 83.0 Å². The smallest absolute Gasteiger partial charge is 0.410 e. The van der Waals surface area contributed by atoms with Crippen molar-refractivity contribution in [2.75, 3.05) is 19.6 Å². The van der Waals surface area contributed by atoms with E-state index in [1.54, 1.807) is 24.0 Å². The molecule has 2 saturated heterocycles. The van der Waals surface area contributed by atoms with Crippen molar-refractivity contribution in [2.45, 2.75) is 71.4 Å². The number of nitrogens with one attached hydrogen (secondary N) is 2. The summed E-state index contributed by atoms with van der Waals surface area (Å²) in [5.41, 5.74) is 0.208. The van der Waals surface area contributed by atoms with Crippen molar-refractivity contribution in [3.63, 3.8) is 0 Å². The molecule has 1 aromatic rings. The molecule has 7 nitrogen and oxygen atoms in total. The largest absolute Gasteiger partial charge is 0.444 e. The monoisotopic (exact) mass is 518 g/mol. The number of piperidine rings is 1. The van der Waals surface area contributed by atoms with Gasteiger partial charge in [-0.1, -0.05) is 43.2 Å². The van der Waals surface area contributed by atoms with Gasteiger partial charge in [-0.3, -0.25) is 4.79 Å². The lowest BCUT2D eigenvalue weighted by Crippen LogP contribution is -2.61. The van der Waals surface area contributed by atoms with Gasteiger partial charge in [0.05, 0.1) is 22.5 Å². The highest BCUT2D eigenvalue weighted by Crippen LogP contribution is 2.41. The highest BCUT2D eigenvalue weighted by atomic mass is 35.5. The molecule has 2 aliphatic heterocycles. The lowest BCUT2D eigenvalue weighted by atomic mass is 9.70. The average Bonchev–Trinajstić information content (AvgIpc) is 2.76. The van der Waals surface area contributed by atoms with E-state index in [4.69, 9.17) is 16.3 Å².